The number of carbonyl (C=O) groups is 1. The third-order valence-corrected chi connectivity index (χ3v) is 6.97. The van der Waals surface area contributed by atoms with E-state index in [1.54, 1.807) is 40.1 Å². The molecule has 170 valence electrons. The summed E-state index contributed by atoms with van der Waals surface area (Å²) in [5, 5.41) is 0. The molecule has 2 aromatic rings. The van der Waals surface area contributed by atoms with Crippen LogP contribution in [0.4, 0.5) is 17.6 Å². The van der Waals surface area contributed by atoms with Crippen LogP contribution in [0.5, 0.6) is 0 Å². The number of carbonyl (C=O) groups excluding carboxylic acids is 1. The average Bonchev–Trinajstić information content (AvgIpc) is 3.28. The number of benzene rings is 2. The van der Waals surface area contributed by atoms with Crippen LogP contribution in [0.1, 0.15) is 48.9 Å². The monoisotopic (exact) mass is 448 g/mol. The Bertz CT molecular complexity index is 974. The fourth-order valence-corrected chi connectivity index (χ4v) is 5.47. The van der Waals surface area contributed by atoms with Crippen LogP contribution in [0.25, 0.3) is 0 Å². The fraction of sp³-hybridized carbons (Fsp3) is 0.458. The highest BCUT2D eigenvalue weighted by Gasteiger charge is 2.58. The van der Waals surface area contributed by atoms with Crippen molar-refractivity contribution in [2.45, 2.75) is 56.0 Å². The van der Waals surface area contributed by atoms with Crippen molar-refractivity contribution in [3.8, 4) is 0 Å². The van der Waals surface area contributed by atoms with Crippen LogP contribution in [-0.4, -0.2) is 47.1 Å². The average molecular weight is 448 g/mol. The summed E-state index contributed by atoms with van der Waals surface area (Å²) in [6.07, 6.45) is -1.27. The lowest BCUT2D eigenvalue weighted by molar-refractivity contribution is -0.145. The minimum atomic E-state index is -2.55. The summed E-state index contributed by atoms with van der Waals surface area (Å²) in [7, 11) is 0. The van der Waals surface area contributed by atoms with Gasteiger partial charge in [-0.15, -0.1) is 0 Å². The smallest absolute Gasteiger partial charge is 0.258 e. The standard InChI is InChI=1S/C24H24F4N2O2/c25-17-12-16(13-18(26)14-17)19-6-7-20-30(19)23(31)24(32-20)8-10-29(11-9-24)21(22(27)28)15-4-2-1-3-5-15/h1-5,12-14,19-22H,6-11H2/t19-,20?,21?/m0/s1. The molecular weight excluding hydrogens is 424 g/mol. The topological polar surface area (TPSA) is 32.8 Å². The summed E-state index contributed by atoms with van der Waals surface area (Å²) in [4.78, 5) is 16.8. The van der Waals surface area contributed by atoms with E-state index in [0.29, 0.717) is 49.9 Å². The second-order valence-electron chi connectivity index (χ2n) is 8.80. The highest BCUT2D eigenvalue weighted by Crippen LogP contribution is 2.48. The molecule has 5 rings (SSSR count). The van der Waals surface area contributed by atoms with Crippen LogP contribution in [0, 0.1) is 11.6 Å². The molecule has 32 heavy (non-hydrogen) atoms. The molecule has 3 aliphatic heterocycles. The zero-order chi connectivity index (χ0) is 22.5. The van der Waals surface area contributed by atoms with Crippen molar-refractivity contribution in [3.05, 3.63) is 71.3 Å². The Morgan fingerprint density at radius 3 is 2.25 bits per heavy atom. The van der Waals surface area contributed by atoms with E-state index in [1.807, 2.05) is 0 Å². The van der Waals surface area contributed by atoms with Gasteiger partial charge in [0.15, 0.2) is 5.60 Å². The first-order valence-corrected chi connectivity index (χ1v) is 10.9. The van der Waals surface area contributed by atoms with E-state index >= 15 is 0 Å². The van der Waals surface area contributed by atoms with E-state index in [2.05, 4.69) is 0 Å². The third-order valence-electron chi connectivity index (χ3n) is 6.97. The molecular formula is C24H24F4N2O2. The van der Waals surface area contributed by atoms with Crippen molar-refractivity contribution in [3.63, 3.8) is 0 Å². The van der Waals surface area contributed by atoms with Crippen LogP contribution in [0.15, 0.2) is 48.5 Å². The van der Waals surface area contributed by atoms with E-state index in [0.717, 1.165) is 6.07 Å². The first kappa shape index (κ1) is 21.4. The van der Waals surface area contributed by atoms with E-state index in [9.17, 15) is 22.4 Å². The quantitative estimate of drug-likeness (QED) is 0.629. The van der Waals surface area contributed by atoms with E-state index in [-0.39, 0.29) is 5.91 Å². The normalized spacial score (nSPS) is 26.2. The first-order valence-electron chi connectivity index (χ1n) is 10.9. The Kier molecular flexibility index (Phi) is 5.45. The van der Waals surface area contributed by atoms with Crippen molar-refractivity contribution in [1.82, 2.24) is 9.80 Å². The number of hydrogen-bond acceptors (Lipinski definition) is 3. The van der Waals surface area contributed by atoms with Gasteiger partial charge in [0.2, 0.25) is 0 Å². The summed E-state index contributed by atoms with van der Waals surface area (Å²) >= 11 is 0. The maximum atomic E-state index is 13.9. The molecule has 0 aromatic heterocycles. The van der Waals surface area contributed by atoms with Crippen LogP contribution < -0.4 is 0 Å². The van der Waals surface area contributed by atoms with Crippen molar-refractivity contribution < 1.29 is 27.1 Å². The lowest BCUT2D eigenvalue weighted by Crippen LogP contribution is -2.51. The van der Waals surface area contributed by atoms with Crippen LogP contribution >= 0.6 is 0 Å². The van der Waals surface area contributed by atoms with Crippen molar-refractivity contribution in [1.29, 1.82) is 0 Å². The van der Waals surface area contributed by atoms with Crippen molar-refractivity contribution in [2.75, 3.05) is 13.1 Å². The molecule has 0 bridgehead atoms. The Morgan fingerprint density at radius 2 is 1.62 bits per heavy atom. The molecule has 4 nitrogen and oxygen atoms in total. The zero-order valence-electron chi connectivity index (χ0n) is 17.4. The van der Waals surface area contributed by atoms with Gasteiger partial charge in [-0.2, -0.15) is 0 Å². The van der Waals surface area contributed by atoms with Gasteiger partial charge in [0.1, 0.15) is 17.9 Å². The third kappa shape index (κ3) is 3.59. The van der Waals surface area contributed by atoms with E-state index < -0.39 is 42.0 Å². The molecule has 2 unspecified atom stereocenters. The zero-order valence-corrected chi connectivity index (χ0v) is 17.4. The van der Waals surface area contributed by atoms with Crippen LogP contribution in [0.3, 0.4) is 0 Å². The largest absolute Gasteiger partial charge is 0.342 e. The highest BCUT2D eigenvalue weighted by molar-refractivity contribution is 5.88. The molecule has 1 amide bonds. The summed E-state index contributed by atoms with van der Waals surface area (Å²) in [5.41, 5.74) is -0.0982. The molecule has 3 fully saturated rings. The molecule has 0 radical (unpaired) electrons. The van der Waals surface area contributed by atoms with Gasteiger partial charge >= 0.3 is 0 Å². The van der Waals surface area contributed by atoms with Crippen LogP contribution in [0.2, 0.25) is 0 Å². The number of likely N-dealkylation sites (tertiary alicyclic amines) is 1. The highest BCUT2D eigenvalue weighted by atomic mass is 19.3. The first-order chi connectivity index (χ1) is 15.4. The maximum Gasteiger partial charge on any atom is 0.258 e. The van der Waals surface area contributed by atoms with Gasteiger partial charge in [0.05, 0.1) is 12.1 Å². The number of fused-ring (bicyclic) bond motifs is 1. The number of amides is 1. The van der Waals surface area contributed by atoms with Gasteiger partial charge in [-0.25, -0.2) is 17.6 Å². The number of halogens is 4. The predicted octanol–water partition coefficient (Wildman–Crippen LogP) is 4.83. The lowest BCUT2D eigenvalue weighted by atomic mass is 9.88. The molecule has 1 spiro atoms. The van der Waals surface area contributed by atoms with Crippen molar-refractivity contribution in [2.24, 2.45) is 0 Å². The van der Waals surface area contributed by atoms with Gasteiger partial charge in [-0.1, -0.05) is 30.3 Å². The number of ether oxygens (including phenoxy) is 1. The summed E-state index contributed by atoms with van der Waals surface area (Å²) in [5.74, 6) is -1.57. The molecule has 3 heterocycles. The number of alkyl halides is 2. The minimum absolute atomic E-state index is 0.206. The van der Waals surface area contributed by atoms with Crippen molar-refractivity contribution >= 4 is 5.91 Å². The Morgan fingerprint density at radius 1 is 0.969 bits per heavy atom. The second-order valence-corrected chi connectivity index (χ2v) is 8.80. The number of hydrogen-bond donors (Lipinski definition) is 0. The van der Waals surface area contributed by atoms with Gasteiger partial charge in [-0.05, 0) is 48.9 Å². The van der Waals surface area contributed by atoms with E-state index in [4.69, 9.17) is 4.74 Å². The Hall–Kier alpha value is -2.45. The lowest BCUT2D eigenvalue weighted by Gasteiger charge is -2.41. The van der Waals surface area contributed by atoms with Crippen LogP contribution in [-0.2, 0) is 9.53 Å². The molecule has 3 aliphatic rings. The molecule has 2 aromatic carbocycles. The number of nitrogens with zero attached hydrogens (tertiary/aromatic N) is 2. The van der Waals surface area contributed by atoms with Gasteiger partial charge in [0, 0.05) is 19.2 Å². The van der Waals surface area contributed by atoms with Gasteiger partial charge < -0.3 is 9.64 Å². The second kappa shape index (κ2) is 8.15. The fourth-order valence-electron chi connectivity index (χ4n) is 5.47. The minimum Gasteiger partial charge on any atom is -0.342 e. The molecule has 0 N–H and O–H groups in total. The van der Waals surface area contributed by atoms with Gasteiger partial charge in [0.25, 0.3) is 12.3 Å². The predicted molar refractivity (Wildman–Crippen MR) is 109 cm³/mol. The molecule has 3 atom stereocenters. The summed E-state index contributed by atoms with van der Waals surface area (Å²) < 4.78 is 61.5. The molecule has 8 heteroatoms. The molecule has 0 saturated carbocycles. The summed E-state index contributed by atoms with van der Waals surface area (Å²) in [6, 6.07) is 10.5. The molecule has 0 aliphatic carbocycles. The number of rotatable bonds is 4. The maximum absolute atomic E-state index is 13.9. The number of piperidine rings is 1. The Balaban J connectivity index is 1.33. The Labute approximate surface area is 183 Å². The molecule has 3 saturated heterocycles. The SMILES string of the molecule is O=C1N2C(CC[C@H]2c2cc(F)cc(F)c2)OC12CCN(C(c1ccccc1)C(F)F)CC2. The van der Waals surface area contributed by atoms with Gasteiger partial charge in [-0.3, -0.25) is 9.69 Å². The van der Waals surface area contributed by atoms with E-state index in [1.165, 1.54) is 12.1 Å². The summed E-state index contributed by atoms with van der Waals surface area (Å²) in [6.45, 7) is 0.602.